The first kappa shape index (κ1) is 11.1. The second kappa shape index (κ2) is 4.20. The van der Waals surface area contributed by atoms with Gasteiger partial charge in [-0.05, 0) is 30.5 Å². The van der Waals surface area contributed by atoms with Gasteiger partial charge in [0, 0.05) is 5.02 Å². The first-order valence-corrected chi connectivity index (χ1v) is 5.54. The molecular formula is C12H11ClN2O. The summed E-state index contributed by atoms with van der Waals surface area (Å²) in [5, 5.41) is 0.659. The van der Waals surface area contributed by atoms with Crippen LogP contribution in [0.2, 0.25) is 5.02 Å². The average molecular weight is 235 g/mol. The fraction of sp³-hybridized carbons (Fsp3) is 0.333. The van der Waals surface area contributed by atoms with Crippen molar-refractivity contribution < 1.29 is 9.58 Å². The summed E-state index contributed by atoms with van der Waals surface area (Å²) in [5.74, 6) is 0. The summed E-state index contributed by atoms with van der Waals surface area (Å²) in [6.07, 6.45) is 3.35. The highest BCUT2D eigenvalue weighted by atomic mass is 35.5. The summed E-state index contributed by atoms with van der Waals surface area (Å²) in [5.41, 5.74) is 9.67. The van der Waals surface area contributed by atoms with Gasteiger partial charge >= 0.3 is 5.71 Å². The fourth-order valence-corrected chi connectivity index (χ4v) is 2.35. The van der Waals surface area contributed by atoms with E-state index in [0.717, 1.165) is 24.8 Å². The Labute approximate surface area is 98.7 Å². The van der Waals surface area contributed by atoms with Crippen LogP contribution in [0.15, 0.2) is 24.3 Å². The van der Waals surface area contributed by atoms with Crippen LogP contribution >= 0.6 is 11.6 Å². The number of hydrogen-bond acceptors (Lipinski definition) is 1. The molecule has 1 aromatic rings. The third-order valence-electron chi connectivity index (χ3n) is 3.31. The van der Waals surface area contributed by atoms with Gasteiger partial charge in [-0.3, -0.25) is 4.79 Å². The SMILES string of the molecule is [N-]=[N+]=C(C=O)C1(c2ccc(Cl)cc2)CCC1. The second-order valence-corrected chi connectivity index (χ2v) is 4.48. The number of aldehydes is 1. The van der Waals surface area contributed by atoms with Crippen LogP contribution in [0.25, 0.3) is 5.53 Å². The van der Waals surface area contributed by atoms with Gasteiger partial charge < -0.3 is 5.53 Å². The van der Waals surface area contributed by atoms with Crippen LogP contribution in [-0.2, 0) is 10.2 Å². The monoisotopic (exact) mass is 234 g/mol. The minimum atomic E-state index is -0.402. The normalized spacial score (nSPS) is 17.1. The highest BCUT2D eigenvalue weighted by molar-refractivity contribution is 6.31. The van der Waals surface area contributed by atoms with Gasteiger partial charge in [0.05, 0.1) is 0 Å². The largest absolute Gasteiger partial charge is 0.361 e. The minimum Gasteiger partial charge on any atom is -0.361 e. The molecule has 1 saturated carbocycles. The molecule has 1 aliphatic carbocycles. The lowest BCUT2D eigenvalue weighted by atomic mass is 9.62. The topological polar surface area (TPSA) is 53.5 Å². The van der Waals surface area contributed by atoms with Gasteiger partial charge in [-0.15, -0.1) is 0 Å². The smallest absolute Gasteiger partial charge is 0.341 e. The molecule has 0 heterocycles. The summed E-state index contributed by atoms with van der Waals surface area (Å²) in [7, 11) is 0. The summed E-state index contributed by atoms with van der Waals surface area (Å²) in [6.45, 7) is 0. The van der Waals surface area contributed by atoms with E-state index in [2.05, 4.69) is 4.79 Å². The van der Waals surface area contributed by atoms with E-state index in [4.69, 9.17) is 17.1 Å². The van der Waals surface area contributed by atoms with Crippen LogP contribution in [0.3, 0.4) is 0 Å². The summed E-state index contributed by atoms with van der Waals surface area (Å²) >= 11 is 5.82. The van der Waals surface area contributed by atoms with E-state index in [1.165, 1.54) is 0 Å². The molecule has 1 aromatic carbocycles. The number of hydrogen-bond donors (Lipinski definition) is 0. The highest BCUT2D eigenvalue weighted by Crippen LogP contribution is 2.44. The first-order chi connectivity index (χ1) is 7.73. The molecule has 0 aliphatic heterocycles. The summed E-state index contributed by atoms with van der Waals surface area (Å²) in [6, 6.07) is 7.35. The van der Waals surface area contributed by atoms with Gasteiger partial charge in [0.1, 0.15) is 5.41 Å². The molecule has 4 heteroatoms. The minimum absolute atomic E-state index is 0.209. The van der Waals surface area contributed by atoms with Crippen LogP contribution in [0, 0.1) is 0 Å². The number of benzene rings is 1. The van der Waals surface area contributed by atoms with Crippen LogP contribution in [0.5, 0.6) is 0 Å². The Morgan fingerprint density at radius 3 is 2.38 bits per heavy atom. The molecule has 0 unspecified atom stereocenters. The van der Waals surface area contributed by atoms with Crippen molar-refractivity contribution in [2.24, 2.45) is 0 Å². The average Bonchev–Trinajstić information content (AvgIpc) is 2.25. The maximum Gasteiger partial charge on any atom is 0.341 e. The molecule has 0 saturated heterocycles. The van der Waals surface area contributed by atoms with Crippen molar-refractivity contribution in [3.8, 4) is 0 Å². The number of carbonyl (C=O) groups excluding carboxylic acids is 1. The maximum atomic E-state index is 10.9. The van der Waals surface area contributed by atoms with E-state index >= 15 is 0 Å². The summed E-state index contributed by atoms with van der Waals surface area (Å²) in [4.78, 5) is 14.0. The Morgan fingerprint density at radius 1 is 1.38 bits per heavy atom. The summed E-state index contributed by atoms with van der Waals surface area (Å²) < 4.78 is 0. The quantitative estimate of drug-likeness (QED) is 0.343. The van der Waals surface area contributed by atoms with E-state index in [9.17, 15) is 4.79 Å². The van der Waals surface area contributed by atoms with Crippen molar-refractivity contribution in [2.75, 3.05) is 0 Å². The lowest BCUT2D eigenvalue weighted by Gasteiger charge is -2.36. The van der Waals surface area contributed by atoms with Gasteiger partial charge in [0.15, 0.2) is 0 Å². The predicted octanol–water partition coefficient (Wildman–Crippen LogP) is 2.63. The van der Waals surface area contributed by atoms with Gasteiger partial charge in [0.2, 0.25) is 6.29 Å². The van der Waals surface area contributed by atoms with E-state index in [-0.39, 0.29) is 5.71 Å². The van der Waals surface area contributed by atoms with Crippen LogP contribution in [-0.4, -0.2) is 16.8 Å². The first-order valence-electron chi connectivity index (χ1n) is 5.17. The van der Waals surface area contributed by atoms with E-state index in [0.29, 0.717) is 11.3 Å². The lowest BCUT2D eigenvalue weighted by Crippen LogP contribution is -2.43. The molecule has 0 N–H and O–H groups in total. The van der Waals surface area contributed by atoms with Crippen molar-refractivity contribution in [3.63, 3.8) is 0 Å². The van der Waals surface area contributed by atoms with Gasteiger partial charge in [-0.2, -0.15) is 4.79 Å². The third kappa shape index (κ3) is 1.58. The molecule has 0 radical (unpaired) electrons. The van der Waals surface area contributed by atoms with Crippen LogP contribution in [0.4, 0.5) is 0 Å². The number of carbonyl (C=O) groups is 1. The molecule has 1 fully saturated rings. The molecule has 0 bridgehead atoms. The number of halogens is 1. The van der Waals surface area contributed by atoms with E-state index in [1.54, 1.807) is 12.1 Å². The van der Waals surface area contributed by atoms with Crippen LogP contribution in [0.1, 0.15) is 24.8 Å². The predicted molar refractivity (Wildman–Crippen MR) is 61.7 cm³/mol. The van der Waals surface area contributed by atoms with Crippen molar-refractivity contribution in [1.29, 1.82) is 0 Å². The molecule has 3 nitrogen and oxygen atoms in total. The second-order valence-electron chi connectivity index (χ2n) is 4.05. The zero-order valence-electron chi connectivity index (χ0n) is 8.69. The third-order valence-corrected chi connectivity index (χ3v) is 3.57. The molecule has 1 aliphatic rings. The molecule has 0 atom stereocenters. The van der Waals surface area contributed by atoms with Gasteiger partial charge in [-0.1, -0.05) is 30.2 Å². The number of nitrogens with zero attached hydrogens (tertiary/aromatic N) is 2. The van der Waals surface area contributed by atoms with E-state index < -0.39 is 5.41 Å². The zero-order chi connectivity index (χ0) is 11.6. The number of rotatable bonds is 3. The maximum absolute atomic E-state index is 10.9. The molecule has 82 valence electrons. The van der Waals surface area contributed by atoms with Crippen molar-refractivity contribution in [2.45, 2.75) is 24.7 Å². The Kier molecular flexibility index (Phi) is 2.90. The Bertz CT molecular complexity index is 456. The molecule has 0 aromatic heterocycles. The Hall–Kier alpha value is -1.44. The molecular weight excluding hydrogens is 224 g/mol. The molecule has 0 spiro atoms. The molecule has 2 rings (SSSR count). The highest BCUT2D eigenvalue weighted by Gasteiger charge is 2.48. The van der Waals surface area contributed by atoms with Gasteiger partial charge in [0.25, 0.3) is 0 Å². The lowest BCUT2D eigenvalue weighted by molar-refractivity contribution is -0.108. The molecule has 16 heavy (non-hydrogen) atoms. The van der Waals surface area contributed by atoms with Crippen molar-refractivity contribution >= 4 is 23.6 Å². The van der Waals surface area contributed by atoms with E-state index in [1.807, 2.05) is 12.1 Å². The van der Waals surface area contributed by atoms with Gasteiger partial charge in [-0.25, -0.2) is 0 Å². The fourth-order valence-electron chi connectivity index (χ4n) is 2.22. The molecule has 0 amide bonds. The Balaban J connectivity index is 2.46. The standard InChI is InChI=1S/C12H11ClN2O/c13-10-4-2-9(3-5-10)12(6-1-7-12)11(8-16)15-14/h2-5,8H,1,6-7H2. The van der Waals surface area contributed by atoms with Crippen LogP contribution < -0.4 is 0 Å². The van der Waals surface area contributed by atoms with Crippen molar-refractivity contribution in [3.05, 3.63) is 40.4 Å². The Morgan fingerprint density at radius 2 is 2.00 bits per heavy atom. The van der Waals surface area contributed by atoms with Crippen molar-refractivity contribution in [1.82, 2.24) is 0 Å². The zero-order valence-corrected chi connectivity index (χ0v) is 9.44.